The predicted molar refractivity (Wildman–Crippen MR) is 58.1 cm³/mol. The minimum absolute atomic E-state index is 0.584. The normalized spacial score (nSPS) is 10.5. The zero-order valence-corrected chi connectivity index (χ0v) is 8.70. The van der Waals surface area contributed by atoms with E-state index < -0.39 is 0 Å². The summed E-state index contributed by atoms with van der Waals surface area (Å²) >= 11 is 0. The molecule has 1 aromatic heterocycles. The Bertz CT molecular complexity index is 258. The molecule has 5 heteroatoms. The molecule has 0 spiro atoms. The minimum atomic E-state index is 0.584. The van der Waals surface area contributed by atoms with Gasteiger partial charge in [0.15, 0.2) is 0 Å². The molecule has 3 N–H and O–H groups in total. The summed E-state index contributed by atoms with van der Waals surface area (Å²) in [4.78, 5) is 10.3. The van der Waals surface area contributed by atoms with E-state index in [-0.39, 0.29) is 0 Å². The first kappa shape index (κ1) is 10.7. The summed E-state index contributed by atoms with van der Waals surface area (Å²) in [6, 6.07) is 0. The van der Waals surface area contributed by atoms with Crippen LogP contribution in [0.15, 0.2) is 12.4 Å². The lowest BCUT2D eigenvalue weighted by Crippen LogP contribution is -2.25. The lowest BCUT2D eigenvalue weighted by molar-refractivity contribution is 0.367. The molecular formula is C9H17N5. The molecule has 14 heavy (non-hydrogen) atoms. The number of hydrogen-bond donors (Lipinski definition) is 2. The van der Waals surface area contributed by atoms with Crippen molar-refractivity contribution >= 4 is 11.6 Å². The molecule has 78 valence electrons. The van der Waals surface area contributed by atoms with Gasteiger partial charge in [-0.25, -0.2) is 9.97 Å². The minimum Gasteiger partial charge on any atom is -0.396 e. The number of rotatable bonds is 5. The van der Waals surface area contributed by atoms with E-state index >= 15 is 0 Å². The van der Waals surface area contributed by atoms with E-state index in [1.807, 2.05) is 0 Å². The van der Waals surface area contributed by atoms with Gasteiger partial charge in [-0.05, 0) is 13.6 Å². The van der Waals surface area contributed by atoms with Gasteiger partial charge in [0.2, 0.25) is 5.95 Å². The number of nitrogens with two attached hydrogens (primary N) is 1. The van der Waals surface area contributed by atoms with E-state index in [2.05, 4.69) is 34.2 Å². The van der Waals surface area contributed by atoms with E-state index in [1.165, 1.54) is 0 Å². The summed E-state index contributed by atoms with van der Waals surface area (Å²) in [5, 5.41) is 3.12. The van der Waals surface area contributed by atoms with Crippen molar-refractivity contribution < 1.29 is 0 Å². The van der Waals surface area contributed by atoms with Gasteiger partial charge in [-0.1, -0.05) is 6.92 Å². The van der Waals surface area contributed by atoms with Crippen LogP contribution < -0.4 is 11.1 Å². The number of hydrogen-bond acceptors (Lipinski definition) is 5. The van der Waals surface area contributed by atoms with Crippen molar-refractivity contribution in [1.82, 2.24) is 14.9 Å². The highest BCUT2D eigenvalue weighted by molar-refractivity contribution is 5.35. The van der Waals surface area contributed by atoms with Crippen molar-refractivity contribution in [3.05, 3.63) is 12.4 Å². The Kier molecular flexibility index (Phi) is 4.12. The fourth-order valence-corrected chi connectivity index (χ4v) is 0.946. The van der Waals surface area contributed by atoms with Gasteiger partial charge in [-0.2, -0.15) is 0 Å². The monoisotopic (exact) mass is 195 g/mol. The molecule has 0 aliphatic heterocycles. The zero-order valence-electron chi connectivity index (χ0n) is 8.70. The second-order valence-corrected chi connectivity index (χ2v) is 3.16. The van der Waals surface area contributed by atoms with E-state index in [0.717, 1.165) is 19.6 Å². The van der Waals surface area contributed by atoms with Gasteiger partial charge in [-0.15, -0.1) is 0 Å². The molecular weight excluding hydrogens is 178 g/mol. The molecule has 0 radical (unpaired) electrons. The highest BCUT2D eigenvalue weighted by Crippen LogP contribution is 1.99. The van der Waals surface area contributed by atoms with E-state index in [1.54, 1.807) is 12.4 Å². The Hall–Kier alpha value is -1.36. The van der Waals surface area contributed by atoms with Crippen LogP contribution >= 0.6 is 0 Å². The molecule has 1 rings (SSSR count). The second-order valence-electron chi connectivity index (χ2n) is 3.16. The van der Waals surface area contributed by atoms with Crippen molar-refractivity contribution in [3.8, 4) is 0 Å². The molecule has 5 nitrogen and oxygen atoms in total. The van der Waals surface area contributed by atoms with Crippen LogP contribution in [-0.4, -0.2) is 41.5 Å². The van der Waals surface area contributed by atoms with Gasteiger partial charge in [0.05, 0.1) is 18.1 Å². The van der Waals surface area contributed by atoms with Gasteiger partial charge < -0.3 is 16.0 Å². The first-order valence-corrected chi connectivity index (χ1v) is 4.72. The number of likely N-dealkylation sites (N-methyl/N-ethyl adjacent to an activating group) is 1. The van der Waals surface area contributed by atoms with Gasteiger partial charge in [0.1, 0.15) is 0 Å². The van der Waals surface area contributed by atoms with Crippen molar-refractivity contribution in [2.45, 2.75) is 6.92 Å². The first-order chi connectivity index (χ1) is 6.72. The smallest absolute Gasteiger partial charge is 0.222 e. The van der Waals surface area contributed by atoms with Gasteiger partial charge >= 0.3 is 0 Å². The molecule has 0 unspecified atom stereocenters. The van der Waals surface area contributed by atoms with Gasteiger partial charge in [-0.3, -0.25) is 0 Å². The van der Waals surface area contributed by atoms with Crippen LogP contribution in [0, 0.1) is 0 Å². The second kappa shape index (κ2) is 5.39. The fourth-order valence-electron chi connectivity index (χ4n) is 0.946. The molecule has 0 amide bonds. The molecule has 0 saturated heterocycles. The maximum atomic E-state index is 5.46. The Balaban J connectivity index is 2.28. The predicted octanol–water partition coefficient (Wildman–Crippen LogP) is 0.422. The van der Waals surface area contributed by atoms with Crippen LogP contribution in [0.3, 0.4) is 0 Å². The maximum absolute atomic E-state index is 5.46. The first-order valence-electron chi connectivity index (χ1n) is 4.72. The average Bonchev–Trinajstić information content (AvgIpc) is 2.21. The molecule has 0 aliphatic carbocycles. The van der Waals surface area contributed by atoms with Crippen LogP contribution in [0.5, 0.6) is 0 Å². The number of nitrogens with one attached hydrogen (secondary N) is 1. The summed E-state index contributed by atoms with van der Waals surface area (Å²) in [7, 11) is 2.07. The zero-order chi connectivity index (χ0) is 10.4. The Morgan fingerprint density at radius 2 is 2.07 bits per heavy atom. The number of nitrogens with zero attached hydrogens (tertiary/aromatic N) is 3. The molecule has 0 saturated carbocycles. The highest BCUT2D eigenvalue weighted by Gasteiger charge is 1.96. The fraction of sp³-hybridized carbons (Fsp3) is 0.556. The number of aromatic nitrogens is 2. The van der Waals surface area contributed by atoms with Crippen LogP contribution in [-0.2, 0) is 0 Å². The standard InChI is InChI=1S/C9H17N5/c1-3-14(2)5-4-11-9-12-6-8(10)7-13-9/h6-7H,3-5,10H2,1-2H3,(H,11,12,13). The summed E-state index contributed by atoms with van der Waals surface area (Å²) in [6.07, 6.45) is 3.19. The quantitative estimate of drug-likeness (QED) is 0.713. The third-order valence-electron chi connectivity index (χ3n) is 1.99. The summed E-state index contributed by atoms with van der Waals surface area (Å²) in [5.41, 5.74) is 6.05. The Labute approximate surface area is 84.3 Å². The topological polar surface area (TPSA) is 67.1 Å². The average molecular weight is 195 g/mol. The lowest BCUT2D eigenvalue weighted by atomic mass is 10.5. The van der Waals surface area contributed by atoms with Crippen LogP contribution in [0.25, 0.3) is 0 Å². The van der Waals surface area contributed by atoms with Crippen molar-refractivity contribution in [2.24, 2.45) is 0 Å². The SMILES string of the molecule is CCN(C)CCNc1ncc(N)cn1. The molecule has 0 aromatic carbocycles. The highest BCUT2D eigenvalue weighted by atomic mass is 15.1. The Morgan fingerprint density at radius 3 is 2.64 bits per heavy atom. The summed E-state index contributed by atoms with van der Waals surface area (Å²) < 4.78 is 0. The molecule has 1 aromatic rings. The molecule has 0 fully saturated rings. The Morgan fingerprint density at radius 1 is 1.43 bits per heavy atom. The molecule has 1 heterocycles. The third-order valence-corrected chi connectivity index (χ3v) is 1.99. The van der Waals surface area contributed by atoms with E-state index in [9.17, 15) is 0 Å². The van der Waals surface area contributed by atoms with Crippen LogP contribution in [0.1, 0.15) is 6.92 Å². The summed E-state index contributed by atoms with van der Waals surface area (Å²) in [6.45, 7) is 4.99. The summed E-state index contributed by atoms with van der Waals surface area (Å²) in [5.74, 6) is 0.628. The van der Waals surface area contributed by atoms with Crippen LogP contribution in [0.4, 0.5) is 11.6 Å². The van der Waals surface area contributed by atoms with Crippen LogP contribution in [0.2, 0.25) is 0 Å². The van der Waals surface area contributed by atoms with Crippen molar-refractivity contribution in [1.29, 1.82) is 0 Å². The van der Waals surface area contributed by atoms with Gasteiger partial charge in [0.25, 0.3) is 0 Å². The lowest BCUT2D eigenvalue weighted by Gasteiger charge is -2.13. The molecule has 0 bridgehead atoms. The molecule has 0 aliphatic rings. The number of nitrogen functional groups attached to an aromatic ring is 1. The van der Waals surface area contributed by atoms with E-state index in [0.29, 0.717) is 11.6 Å². The maximum Gasteiger partial charge on any atom is 0.222 e. The molecule has 0 atom stereocenters. The third kappa shape index (κ3) is 3.57. The van der Waals surface area contributed by atoms with Crippen molar-refractivity contribution in [2.75, 3.05) is 37.7 Å². The number of anilines is 2. The largest absolute Gasteiger partial charge is 0.396 e. The van der Waals surface area contributed by atoms with Crippen molar-refractivity contribution in [3.63, 3.8) is 0 Å². The van der Waals surface area contributed by atoms with E-state index in [4.69, 9.17) is 5.73 Å². The van der Waals surface area contributed by atoms with Gasteiger partial charge in [0, 0.05) is 13.1 Å².